The van der Waals surface area contributed by atoms with Crippen molar-refractivity contribution >= 4 is 45.4 Å². The van der Waals surface area contributed by atoms with Crippen LogP contribution in [0.25, 0.3) is 21.5 Å². The van der Waals surface area contributed by atoms with E-state index >= 15 is 0 Å². The van der Waals surface area contributed by atoms with Crippen molar-refractivity contribution in [3.05, 3.63) is 94.1 Å². The van der Waals surface area contributed by atoms with Crippen LogP contribution in [0.1, 0.15) is 76.6 Å². The van der Waals surface area contributed by atoms with Gasteiger partial charge in [-0.2, -0.15) is 0 Å². The second kappa shape index (κ2) is 17.1. The average molecular weight is 669 g/mol. The fourth-order valence-electron chi connectivity index (χ4n) is 5.27. The van der Waals surface area contributed by atoms with Crippen LogP contribution in [-0.2, 0) is 32.0 Å². The number of benzene rings is 4. The summed E-state index contributed by atoms with van der Waals surface area (Å²) >= 11 is 0. The number of hydrogen-bond donors (Lipinski definition) is 2. The first-order valence-corrected chi connectivity index (χ1v) is 16.0. The maximum Gasteiger partial charge on any atom is 0.311 e. The Balaban J connectivity index is 0.000000276. The summed E-state index contributed by atoms with van der Waals surface area (Å²) in [5, 5.41) is 22.1. The molecule has 2 N–H and O–H groups in total. The van der Waals surface area contributed by atoms with Gasteiger partial charge in [0.15, 0.2) is 0 Å². The van der Waals surface area contributed by atoms with E-state index in [2.05, 4.69) is 0 Å². The zero-order valence-electron chi connectivity index (χ0n) is 29.4. The molecule has 0 fully saturated rings. The molecule has 0 radical (unpaired) electrons. The quantitative estimate of drug-likeness (QED) is 0.0966. The van der Waals surface area contributed by atoms with Gasteiger partial charge in [-0.25, -0.2) is 0 Å². The Kier molecular flexibility index (Phi) is 13.3. The molecular weight excluding hydrogens is 624 g/mol. The van der Waals surface area contributed by atoms with E-state index in [1.54, 1.807) is 24.3 Å². The van der Waals surface area contributed by atoms with Crippen molar-refractivity contribution in [1.29, 1.82) is 0 Å². The number of hydrogen-bond acceptors (Lipinski definition) is 8. The first-order valence-electron chi connectivity index (χ1n) is 16.0. The molecular formula is C40H44O9. The Morgan fingerprint density at radius 1 is 0.592 bits per heavy atom. The lowest BCUT2D eigenvalue weighted by molar-refractivity contribution is -0.142. The third-order valence-corrected chi connectivity index (χ3v) is 7.67. The van der Waals surface area contributed by atoms with E-state index in [0.29, 0.717) is 51.8 Å². The lowest BCUT2D eigenvalue weighted by Crippen LogP contribution is -2.13. The maximum absolute atomic E-state index is 12.2. The SMILES string of the molecule is CC(=O)Oc1c(C)c(CC=C(C)C)c(O)c2ccccc12.CC(=O)Oc1c(C)c(CC=C(C)C)c(OC(=O)CCC(=O)O)c2ccccc12. The third kappa shape index (κ3) is 10.0. The number of carbonyl (C=O) groups excluding carboxylic acids is 3. The molecule has 4 aromatic carbocycles. The molecule has 0 unspecified atom stereocenters. The summed E-state index contributed by atoms with van der Waals surface area (Å²) in [6, 6.07) is 14.6. The Labute approximate surface area is 286 Å². The number of ether oxygens (including phenoxy) is 3. The minimum Gasteiger partial charge on any atom is -0.507 e. The lowest BCUT2D eigenvalue weighted by atomic mass is 9.96. The lowest BCUT2D eigenvalue weighted by Gasteiger charge is -2.19. The topological polar surface area (TPSA) is 136 Å². The van der Waals surface area contributed by atoms with Gasteiger partial charge in [-0.05, 0) is 65.5 Å². The highest BCUT2D eigenvalue weighted by molar-refractivity contribution is 5.99. The van der Waals surface area contributed by atoms with Crippen LogP contribution in [0.3, 0.4) is 0 Å². The van der Waals surface area contributed by atoms with Gasteiger partial charge in [-0.3, -0.25) is 19.2 Å². The van der Waals surface area contributed by atoms with Gasteiger partial charge in [-0.15, -0.1) is 0 Å². The van der Waals surface area contributed by atoms with Crippen LogP contribution in [0.5, 0.6) is 23.0 Å². The number of allylic oxidation sites excluding steroid dienone is 4. The standard InChI is InChI=1S/C22H24O6.C18H20O3/c1-13(2)9-10-16-14(3)21(27-15(4)23)17-7-5-6-8-18(17)22(16)28-20(26)12-11-19(24)25;1-11(2)9-10-14-12(3)18(21-13(4)19)16-8-6-5-7-15(16)17(14)20/h5-9H,10-12H2,1-4H3,(H,24,25);5-9,20H,10H2,1-4H3. The second-order valence-corrected chi connectivity index (χ2v) is 12.2. The maximum atomic E-state index is 12.2. The summed E-state index contributed by atoms with van der Waals surface area (Å²) in [5.74, 6) is -0.875. The minimum atomic E-state index is -1.06. The number of rotatable bonds is 10. The predicted molar refractivity (Wildman–Crippen MR) is 190 cm³/mol. The van der Waals surface area contributed by atoms with Crippen LogP contribution in [0.4, 0.5) is 0 Å². The summed E-state index contributed by atoms with van der Waals surface area (Å²) in [5.41, 5.74) is 5.29. The van der Waals surface area contributed by atoms with E-state index in [4.69, 9.17) is 19.3 Å². The van der Waals surface area contributed by atoms with Gasteiger partial charge in [0, 0.05) is 46.5 Å². The number of aromatic hydroxyl groups is 1. The molecule has 0 heterocycles. The highest BCUT2D eigenvalue weighted by atomic mass is 16.5. The summed E-state index contributed by atoms with van der Waals surface area (Å²) in [6.45, 7) is 14.4. The minimum absolute atomic E-state index is 0.226. The molecule has 0 saturated heterocycles. The molecule has 9 heteroatoms. The average Bonchev–Trinajstić information content (AvgIpc) is 3.03. The number of carbonyl (C=O) groups is 4. The Bertz CT molecular complexity index is 1960. The fourth-order valence-corrected chi connectivity index (χ4v) is 5.27. The van der Waals surface area contributed by atoms with E-state index in [-0.39, 0.29) is 24.6 Å². The van der Waals surface area contributed by atoms with Gasteiger partial charge in [0.2, 0.25) is 0 Å². The van der Waals surface area contributed by atoms with Crippen LogP contribution in [0.15, 0.2) is 71.8 Å². The summed E-state index contributed by atoms with van der Waals surface area (Å²) in [4.78, 5) is 46.0. The summed E-state index contributed by atoms with van der Waals surface area (Å²) in [7, 11) is 0. The number of esters is 3. The van der Waals surface area contributed by atoms with Crippen LogP contribution in [0.2, 0.25) is 0 Å². The van der Waals surface area contributed by atoms with Crippen LogP contribution < -0.4 is 14.2 Å². The highest BCUT2D eigenvalue weighted by Gasteiger charge is 2.22. The Morgan fingerprint density at radius 2 is 1.00 bits per heavy atom. The molecule has 0 aliphatic rings. The van der Waals surface area contributed by atoms with Crippen LogP contribution >= 0.6 is 0 Å². The zero-order valence-corrected chi connectivity index (χ0v) is 29.4. The molecule has 0 amide bonds. The number of phenols is 1. The van der Waals surface area contributed by atoms with E-state index < -0.39 is 17.9 Å². The van der Waals surface area contributed by atoms with Crippen molar-refractivity contribution < 1.29 is 43.6 Å². The zero-order chi connectivity index (χ0) is 36.4. The number of aliphatic carboxylic acids is 1. The van der Waals surface area contributed by atoms with Crippen molar-refractivity contribution in [2.75, 3.05) is 0 Å². The summed E-state index contributed by atoms with van der Waals surface area (Å²) in [6.07, 6.45) is 4.60. The van der Waals surface area contributed by atoms with Gasteiger partial charge in [-0.1, -0.05) is 71.8 Å². The third-order valence-electron chi connectivity index (χ3n) is 7.67. The van der Waals surface area contributed by atoms with Crippen molar-refractivity contribution in [1.82, 2.24) is 0 Å². The molecule has 9 nitrogen and oxygen atoms in total. The van der Waals surface area contributed by atoms with Crippen LogP contribution in [-0.4, -0.2) is 34.1 Å². The second-order valence-electron chi connectivity index (χ2n) is 12.2. The van der Waals surface area contributed by atoms with Gasteiger partial charge in [0.25, 0.3) is 0 Å². The number of phenolic OH excluding ortho intramolecular Hbond substituents is 1. The molecule has 4 rings (SSSR count). The van der Waals surface area contributed by atoms with Gasteiger partial charge in [0.1, 0.15) is 23.0 Å². The molecule has 4 aromatic rings. The fraction of sp³-hybridized carbons (Fsp3) is 0.300. The molecule has 49 heavy (non-hydrogen) atoms. The van der Waals surface area contributed by atoms with E-state index in [9.17, 15) is 24.3 Å². The first-order chi connectivity index (χ1) is 23.1. The molecule has 0 saturated carbocycles. The number of fused-ring (bicyclic) bond motifs is 2. The number of carboxylic acid groups (broad SMARTS) is 1. The monoisotopic (exact) mass is 668 g/mol. The van der Waals surface area contributed by atoms with Crippen molar-refractivity contribution in [2.45, 2.75) is 81.1 Å². The Morgan fingerprint density at radius 3 is 1.45 bits per heavy atom. The summed E-state index contributed by atoms with van der Waals surface area (Å²) < 4.78 is 16.5. The molecule has 0 aliphatic carbocycles. The van der Waals surface area contributed by atoms with Crippen molar-refractivity contribution in [3.8, 4) is 23.0 Å². The Hall–Kier alpha value is -5.44. The van der Waals surface area contributed by atoms with Crippen LogP contribution in [0, 0.1) is 13.8 Å². The molecule has 258 valence electrons. The first kappa shape index (κ1) is 38.0. The predicted octanol–water partition coefficient (Wildman–Crippen LogP) is 8.64. The van der Waals surface area contributed by atoms with Gasteiger partial charge >= 0.3 is 23.9 Å². The van der Waals surface area contributed by atoms with Crippen molar-refractivity contribution in [3.63, 3.8) is 0 Å². The molecule has 0 bridgehead atoms. The number of carboxylic acids is 1. The molecule has 0 aliphatic heterocycles. The van der Waals surface area contributed by atoms with E-state index in [0.717, 1.165) is 27.6 Å². The smallest absolute Gasteiger partial charge is 0.311 e. The molecule has 0 aromatic heterocycles. The van der Waals surface area contributed by atoms with Crippen molar-refractivity contribution in [2.24, 2.45) is 0 Å². The van der Waals surface area contributed by atoms with Gasteiger partial charge < -0.3 is 24.4 Å². The molecule has 0 spiro atoms. The van der Waals surface area contributed by atoms with E-state index in [1.165, 1.54) is 19.4 Å². The van der Waals surface area contributed by atoms with Gasteiger partial charge in [0.05, 0.1) is 12.8 Å². The molecule has 0 atom stereocenters. The van der Waals surface area contributed by atoms with E-state index in [1.807, 2.05) is 78.0 Å². The largest absolute Gasteiger partial charge is 0.507 e. The highest BCUT2D eigenvalue weighted by Crippen LogP contribution is 2.42. The normalized spacial score (nSPS) is 10.4.